The van der Waals surface area contributed by atoms with Crippen molar-refractivity contribution in [3.05, 3.63) is 47.5 Å². The Labute approximate surface area is 112 Å². The van der Waals surface area contributed by atoms with E-state index in [4.69, 9.17) is 10.5 Å². The fourth-order valence-corrected chi connectivity index (χ4v) is 1.82. The van der Waals surface area contributed by atoms with Gasteiger partial charge in [0.05, 0.1) is 6.20 Å². The Bertz CT molecular complexity index is 551. The number of rotatable bonds is 5. The average Bonchev–Trinajstić information content (AvgIpc) is 2.84. The first-order valence-electron chi connectivity index (χ1n) is 6.29. The van der Waals surface area contributed by atoms with Gasteiger partial charge in [0.2, 0.25) is 0 Å². The molecule has 1 aromatic heterocycles. The number of hydrogen-bond donors (Lipinski definition) is 1. The van der Waals surface area contributed by atoms with E-state index in [0.29, 0.717) is 12.4 Å². The van der Waals surface area contributed by atoms with E-state index >= 15 is 0 Å². The summed E-state index contributed by atoms with van der Waals surface area (Å²) in [6.07, 6.45) is 3.65. The summed E-state index contributed by atoms with van der Waals surface area (Å²) in [6.45, 7) is 5.02. The molecule has 0 aliphatic heterocycles. The third-order valence-electron chi connectivity index (χ3n) is 2.87. The van der Waals surface area contributed by atoms with E-state index in [9.17, 15) is 4.39 Å². The van der Waals surface area contributed by atoms with Crippen LogP contribution in [-0.2, 0) is 13.2 Å². The quantitative estimate of drug-likeness (QED) is 0.902. The van der Waals surface area contributed by atoms with Crippen LogP contribution in [0.3, 0.4) is 0 Å². The van der Waals surface area contributed by atoms with Crippen LogP contribution in [0.15, 0.2) is 30.6 Å². The molecule has 0 radical (unpaired) electrons. The summed E-state index contributed by atoms with van der Waals surface area (Å²) >= 11 is 0. The molecule has 0 aliphatic carbocycles. The van der Waals surface area contributed by atoms with Crippen LogP contribution >= 0.6 is 0 Å². The van der Waals surface area contributed by atoms with Crippen molar-refractivity contribution in [2.75, 3.05) is 0 Å². The first-order chi connectivity index (χ1) is 9.10. The zero-order chi connectivity index (χ0) is 13.8. The van der Waals surface area contributed by atoms with Gasteiger partial charge >= 0.3 is 0 Å². The Morgan fingerprint density at radius 3 is 2.89 bits per heavy atom. The van der Waals surface area contributed by atoms with Crippen molar-refractivity contribution in [1.29, 1.82) is 0 Å². The van der Waals surface area contributed by atoms with Crippen LogP contribution < -0.4 is 10.5 Å². The summed E-state index contributed by atoms with van der Waals surface area (Å²) in [5.41, 5.74) is 7.58. The summed E-state index contributed by atoms with van der Waals surface area (Å²) in [4.78, 5) is 0. The molecule has 2 N–H and O–H groups in total. The van der Waals surface area contributed by atoms with Crippen molar-refractivity contribution < 1.29 is 9.13 Å². The summed E-state index contributed by atoms with van der Waals surface area (Å²) in [5.74, 6) is 0.155. The lowest BCUT2D eigenvalue weighted by molar-refractivity contribution is 0.299. The normalized spacial score (nSPS) is 12.4. The van der Waals surface area contributed by atoms with Gasteiger partial charge in [-0.2, -0.15) is 5.10 Å². The van der Waals surface area contributed by atoms with Crippen molar-refractivity contribution in [1.82, 2.24) is 9.78 Å². The predicted octanol–water partition coefficient (Wildman–Crippen LogP) is 2.64. The van der Waals surface area contributed by atoms with Crippen molar-refractivity contribution in [3.63, 3.8) is 0 Å². The lowest BCUT2D eigenvalue weighted by Crippen LogP contribution is -2.08. The van der Waals surface area contributed by atoms with E-state index in [2.05, 4.69) is 5.10 Å². The molecule has 1 heterocycles. The molecule has 0 aliphatic rings. The monoisotopic (exact) mass is 263 g/mol. The fraction of sp³-hybridized carbons (Fsp3) is 0.357. The van der Waals surface area contributed by atoms with E-state index in [-0.39, 0.29) is 11.9 Å². The molecule has 0 amide bonds. The number of benzene rings is 1. The minimum Gasteiger partial charge on any atom is -0.488 e. The maximum Gasteiger partial charge on any atom is 0.127 e. The second kappa shape index (κ2) is 5.84. The standard InChI is InChI=1S/C14H18FN3O/c1-3-18-8-11(7-17-18)9-19-14-6-12(15)4-5-13(14)10(2)16/h4-8,10H,3,9,16H2,1-2H3/t10-/m0/s1. The summed E-state index contributed by atoms with van der Waals surface area (Å²) in [7, 11) is 0. The van der Waals surface area contributed by atoms with Gasteiger partial charge < -0.3 is 10.5 Å². The molecule has 5 heteroatoms. The lowest BCUT2D eigenvalue weighted by Gasteiger charge is -2.13. The molecule has 2 aromatic rings. The molecule has 102 valence electrons. The van der Waals surface area contributed by atoms with Crippen molar-refractivity contribution in [2.24, 2.45) is 5.73 Å². The van der Waals surface area contributed by atoms with Gasteiger partial charge in [-0.3, -0.25) is 4.68 Å². The minimum atomic E-state index is -0.330. The van der Waals surface area contributed by atoms with Gasteiger partial charge in [0.1, 0.15) is 18.2 Å². The third-order valence-corrected chi connectivity index (χ3v) is 2.87. The van der Waals surface area contributed by atoms with Crippen LogP contribution in [0.2, 0.25) is 0 Å². The molecule has 0 spiro atoms. The Balaban J connectivity index is 2.12. The van der Waals surface area contributed by atoms with Gasteiger partial charge in [-0.15, -0.1) is 0 Å². The molecule has 0 fully saturated rings. The number of halogens is 1. The summed E-state index contributed by atoms with van der Waals surface area (Å²) in [5, 5.41) is 4.16. The minimum absolute atomic E-state index is 0.200. The van der Waals surface area contributed by atoms with Crippen molar-refractivity contribution in [3.8, 4) is 5.75 Å². The van der Waals surface area contributed by atoms with Gasteiger partial charge in [-0.1, -0.05) is 6.07 Å². The fourth-order valence-electron chi connectivity index (χ4n) is 1.82. The van der Waals surface area contributed by atoms with E-state index in [0.717, 1.165) is 17.7 Å². The summed E-state index contributed by atoms with van der Waals surface area (Å²) < 4.78 is 20.7. The molecule has 2 rings (SSSR count). The Morgan fingerprint density at radius 2 is 2.26 bits per heavy atom. The van der Waals surface area contributed by atoms with Crippen LogP contribution in [0.1, 0.15) is 31.0 Å². The molecule has 0 saturated carbocycles. The molecular formula is C14H18FN3O. The van der Waals surface area contributed by atoms with Gasteiger partial charge in [-0.05, 0) is 19.9 Å². The molecular weight excluding hydrogens is 245 g/mol. The smallest absolute Gasteiger partial charge is 0.127 e. The van der Waals surface area contributed by atoms with Crippen LogP contribution in [0, 0.1) is 5.82 Å². The summed E-state index contributed by atoms with van der Waals surface area (Å²) in [6, 6.07) is 4.21. The molecule has 0 unspecified atom stereocenters. The molecule has 1 atom stereocenters. The van der Waals surface area contributed by atoms with E-state index in [1.165, 1.54) is 12.1 Å². The first kappa shape index (κ1) is 13.5. The van der Waals surface area contributed by atoms with Crippen molar-refractivity contribution in [2.45, 2.75) is 33.0 Å². The van der Waals surface area contributed by atoms with E-state index in [1.54, 1.807) is 12.3 Å². The molecule has 19 heavy (non-hydrogen) atoms. The maximum atomic E-state index is 13.3. The number of nitrogens with two attached hydrogens (primary N) is 1. The van der Waals surface area contributed by atoms with Crippen LogP contribution in [0.25, 0.3) is 0 Å². The second-order valence-electron chi connectivity index (χ2n) is 4.46. The Morgan fingerprint density at radius 1 is 1.47 bits per heavy atom. The molecule has 4 nitrogen and oxygen atoms in total. The topological polar surface area (TPSA) is 53.1 Å². The van der Waals surface area contributed by atoms with Gasteiger partial charge in [0.15, 0.2) is 0 Å². The number of ether oxygens (including phenoxy) is 1. The average molecular weight is 263 g/mol. The van der Waals surface area contributed by atoms with Gasteiger partial charge in [0, 0.05) is 36.0 Å². The SMILES string of the molecule is CCn1cc(COc2cc(F)ccc2[C@H](C)N)cn1. The Hall–Kier alpha value is -1.88. The van der Waals surface area contributed by atoms with Crippen molar-refractivity contribution >= 4 is 0 Å². The third kappa shape index (κ3) is 3.32. The Kier molecular flexibility index (Phi) is 4.16. The van der Waals surface area contributed by atoms with Crippen LogP contribution in [0.4, 0.5) is 4.39 Å². The predicted molar refractivity (Wildman–Crippen MR) is 71.2 cm³/mol. The lowest BCUT2D eigenvalue weighted by atomic mass is 10.1. The first-order valence-corrected chi connectivity index (χ1v) is 6.29. The highest BCUT2D eigenvalue weighted by Crippen LogP contribution is 2.25. The highest BCUT2D eigenvalue weighted by atomic mass is 19.1. The zero-order valence-electron chi connectivity index (χ0n) is 11.1. The molecule has 0 bridgehead atoms. The number of aryl methyl sites for hydroxylation is 1. The van der Waals surface area contributed by atoms with Crippen LogP contribution in [-0.4, -0.2) is 9.78 Å². The highest BCUT2D eigenvalue weighted by Gasteiger charge is 2.10. The van der Waals surface area contributed by atoms with Crippen LogP contribution in [0.5, 0.6) is 5.75 Å². The molecule has 0 saturated heterocycles. The largest absolute Gasteiger partial charge is 0.488 e. The van der Waals surface area contributed by atoms with E-state index < -0.39 is 0 Å². The highest BCUT2D eigenvalue weighted by molar-refractivity contribution is 5.36. The maximum absolute atomic E-state index is 13.3. The molecule has 1 aromatic carbocycles. The zero-order valence-corrected chi connectivity index (χ0v) is 11.1. The number of aromatic nitrogens is 2. The van der Waals surface area contributed by atoms with Gasteiger partial charge in [0.25, 0.3) is 0 Å². The number of hydrogen-bond acceptors (Lipinski definition) is 3. The number of nitrogens with zero attached hydrogens (tertiary/aromatic N) is 2. The second-order valence-corrected chi connectivity index (χ2v) is 4.46. The van der Waals surface area contributed by atoms with E-state index in [1.807, 2.05) is 24.7 Å². The van der Waals surface area contributed by atoms with Gasteiger partial charge in [-0.25, -0.2) is 4.39 Å².